The van der Waals surface area contributed by atoms with Crippen LogP contribution in [0.25, 0.3) is 0 Å². The lowest BCUT2D eigenvalue weighted by Crippen LogP contribution is -2.25. The van der Waals surface area contributed by atoms with Gasteiger partial charge in [0, 0.05) is 23.4 Å². The zero-order valence-electron chi connectivity index (χ0n) is 9.46. The molecule has 0 bridgehead atoms. The number of aromatic carboxylic acids is 1. The molecule has 0 unspecified atom stereocenters. The number of hydrogen-bond acceptors (Lipinski definition) is 5. The van der Waals surface area contributed by atoms with Crippen molar-refractivity contribution >= 4 is 39.1 Å². The highest BCUT2D eigenvalue weighted by Gasteiger charge is 2.18. The van der Waals surface area contributed by atoms with E-state index in [2.05, 4.69) is 11.3 Å². The molecule has 100 valence electrons. The van der Waals surface area contributed by atoms with Crippen molar-refractivity contribution in [1.29, 1.82) is 0 Å². The first-order valence-electron chi connectivity index (χ1n) is 4.97. The third-order valence-corrected chi connectivity index (χ3v) is 5.73. The summed E-state index contributed by atoms with van der Waals surface area (Å²) in [6, 6.07) is 1.16. The minimum atomic E-state index is -3.59. The van der Waals surface area contributed by atoms with Crippen LogP contribution in [0.5, 0.6) is 0 Å². The molecule has 0 aliphatic carbocycles. The zero-order valence-corrected chi connectivity index (χ0v) is 11.9. The average molecular weight is 307 g/mol. The molecule has 1 rings (SSSR count). The molecular formula is C10H13NO4S3. The molecule has 0 aliphatic heterocycles. The van der Waals surface area contributed by atoms with E-state index in [0.717, 1.165) is 23.2 Å². The van der Waals surface area contributed by atoms with Crippen molar-refractivity contribution in [3.05, 3.63) is 29.7 Å². The van der Waals surface area contributed by atoms with Crippen LogP contribution in [-0.4, -0.2) is 37.5 Å². The highest BCUT2D eigenvalue weighted by Crippen LogP contribution is 2.19. The Morgan fingerprint density at radius 1 is 1.61 bits per heavy atom. The quantitative estimate of drug-likeness (QED) is 0.563. The van der Waals surface area contributed by atoms with E-state index in [4.69, 9.17) is 5.11 Å². The molecule has 0 radical (unpaired) electrons. The van der Waals surface area contributed by atoms with E-state index in [9.17, 15) is 13.2 Å². The van der Waals surface area contributed by atoms with Gasteiger partial charge in [-0.1, -0.05) is 6.08 Å². The summed E-state index contributed by atoms with van der Waals surface area (Å²) in [4.78, 5) is 10.7. The minimum Gasteiger partial charge on any atom is -0.478 e. The van der Waals surface area contributed by atoms with E-state index in [1.54, 1.807) is 17.8 Å². The highest BCUT2D eigenvalue weighted by atomic mass is 32.2. The summed E-state index contributed by atoms with van der Waals surface area (Å²) in [6.07, 6.45) is 1.75. The van der Waals surface area contributed by atoms with Gasteiger partial charge in [-0.3, -0.25) is 0 Å². The van der Waals surface area contributed by atoms with Crippen molar-refractivity contribution in [2.75, 3.05) is 18.1 Å². The van der Waals surface area contributed by atoms with Crippen LogP contribution in [0.15, 0.2) is 28.3 Å². The normalized spacial score (nSPS) is 11.3. The molecule has 1 aromatic heterocycles. The Morgan fingerprint density at radius 3 is 2.89 bits per heavy atom. The van der Waals surface area contributed by atoms with Gasteiger partial charge in [0.15, 0.2) is 0 Å². The molecule has 0 aromatic carbocycles. The summed E-state index contributed by atoms with van der Waals surface area (Å²) < 4.78 is 26.0. The molecule has 0 fully saturated rings. The fourth-order valence-electron chi connectivity index (χ4n) is 1.06. The Balaban J connectivity index is 2.57. The monoisotopic (exact) mass is 307 g/mol. The third-order valence-electron chi connectivity index (χ3n) is 1.86. The zero-order chi connectivity index (χ0) is 13.6. The lowest BCUT2D eigenvalue weighted by atomic mass is 10.4. The largest absolute Gasteiger partial charge is 0.478 e. The second-order valence-electron chi connectivity index (χ2n) is 3.22. The van der Waals surface area contributed by atoms with Crippen LogP contribution in [0.2, 0.25) is 0 Å². The fraction of sp³-hybridized carbons (Fsp3) is 0.300. The number of thiophene rings is 1. The number of thioether (sulfide) groups is 1. The van der Waals surface area contributed by atoms with Crippen molar-refractivity contribution in [3.8, 4) is 0 Å². The van der Waals surface area contributed by atoms with Crippen LogP contribution in [-0.2, 0) is 10.0 Å². The van der Waals surface area contributed by atoms with Gasteiger partial charge in [-0.05, 0) is 6.07 Å². The maximum absolute atomic E-state index is 11.8. The van der Waals surface area contributed by atoms with Gasteiger partial charge in [0.25, 0.3) is 0 Å². The van der Waals surface area contributed by atoms with Crippen molar-refractivity contribution in [1.82, 2.24) is 4.72 Å². The summed E-state index contributed by atoms with van der Waals surface area (Å²) >= 11 is 2.46. The maximum atomic E-state index is 11.8. The Labute approximate surface area is 114 Å². The third kappa shape index (κ3) is 4.45. The predicted octanol–water partition coefficient (Wildman–Crippen LogP) is 1.64. The Bertz CT molecular complexity index is 521. The predicted molar refractivity (Wildman–Crippen MR) is 74.0 cm³/mol. The Kier molecular flexibility index (Phi) is 5.86. The summed E-state index contributed by atoms with van der Waals surface area (Å²) in [5, 5.41) is 10.0. The fourth-order valence-corrected chi connectivity index (χ4v) is 3.99. The molecule has 0 saturated heterocycles. The number of carboxylic acid groups (broad SMARTS) is 1. The van der Waals surface area contributed by atoms with Gasteiger partial charge in [-0.25, -0.2) is 17.9 Å². The van der Waals surface area contributed by atoms with Gasteiger partial charge in [0.1, 0.15) is 4.21 Å². The van der Waals surface area contributed by atoms with E-state index in [1.165, 1.54) is 5.38 Å². The first-order valence-corrected chi connectivity index (χ1v) is 8.49. The van der Waals surface area contributed by atoms with Gasteiger partial charge in [0.2, 0.25) is 10.0 Å². The van der Waals surface area contributed by atoms with E-state index in [1.807, 2.05) is 0 Å². The lowest BCUT2D eigenvalue weighted by Gasteiger charge is -2.03. The molecule has 18 heavy (non-hydrogen) atoms. The molecule has 1 heterocycles. The van der Waals surface area contributed by atoms with Crippen LogP contribution < -0.4 is 4.72 Å². The number of sulfonamides is 1. The summed E-state index contributed by atoms with van der Waals surface area (Å²) in [5.74, 6) is 0.279. The van der Waals surface area contributed by atoms with Crippen LogP contribution in [0, 0.1) is 0 Å². The van der Waals surface area contributed by atoms with Crippen molar-refractivity contribution < 1.29 is 18.3 Å². The van der Waals surface area contributed by atoms with Crippen molar-refractivity contribution in [2.45, 2.75) is 4.21 Å². The first kappa shape index (κ1) is 15.2. The van der Waals surface area contributed by atoms with Crippen LogP contribution in [0.3, 0.4) is 0 Å². The van der Waals surface area contributed by atoms with Crippen molar-refractivity contribution in [3.63, 3.8) is 0 Å². The summed E-state index contributed by atoms with van der Waals surface area (Å²) in [5.41, 5.74) is -0.0126. The molecule has 8 heteroatoms. The number of carboxylic acids is 1. The molecule has 0 amide bonds. The second kappa shape index (κ2) is 6.93. The minimum absolute atomic E-state index is 0.0126. The molecule has 5 nitrogen and oxygen atoms in total. The van der Waals surface area contributed by atoms with E-state index in [-0.39, 0.29) is 9.77 Å². The van der Waals surface area contributed by atoms with Crippen LogP contribution in [0.4, 0.5) is 0 Å². The first-order chi connectivity index (χ1) is 8.47. The Hall–Kier alpha value is -0.830. The topological polar surface area (TPSA) is 83.5 Å². The molecule has 0 spiro atoms. The molecule has 0 aliphatic rings. The van der Waals surface area contributed by atoms with Gasteiger partial charge >= 0.3 is 5.97 Å². The highest BCUT2D eigenvalue weighted by molar-refractivity contribution is 7.99. The lowest BCUT2D eigenvalue weighted by molar-refractivity contribution is 0.0697. The van der Waals surface area contributed by atoms with Gasteiger partial charge in [-0.15, -0.1) is 17.9 Å². The second-order valence-corrected chi connectivity index (χ2v) is 7.28. The van der Waals surface area contributed by atoms with Crippen molar-refractivity contribution in [2.24, 2.45) is 0 Å². The molecule has 0 atom stereocenters. The van der Waals surface area contributed by atoms with E-state index in [0.29, 0.717) is 12.3 Å². The number of rotatable bonds is 8. The standard InChI is InChI=1S/C10H13NO4S3/c1-2-4-16-5-3-11-18(14,15)9-6-8(7-17-9)10(12)13/h2,6-7,11H,1,3-5H2,(H,12,13). The average Bonchev–Trinajstić information content (AvgIpc) is 2.78. The number of carbonyl (C=O) groups is 1. The summed E-state index contributed by atoms with van der Waals surface area (Å²) in [6.45, 7) is 3.87. The smallest absolute Gasteiger partial charge is 0.336 e. The maximum Gasteiger partial charge on any atom is 0.336 e. The SMILES string of the molecule is C=CCSCCNS(=O)(=O)c1cc(C(=O)O)cs1. The van der Waals surface area contributed by atoms with Gasteiger partial charge in [-0.2, -0.15) is 11.8 Å². The molecular weight excluding hydrogens is 294 g/mol. The molecule has 0 saturated carbocycles. The summed E-state index contributed by atoms with van der Waals surface area (Å²) in [7, 11) is -3.59. The van der Waals surface area contributed by atoms with Crippen LogP contribution in [0.1, 0.15) is 10.4 Å². The van der Waals surface area contributed by atoms with Gasteiger partial charge < -0.3 is 5.11 Å². The van der Waals surface area contributed by atoms with Crippen LogP contribution >= 0.6 is 23.1 Å². The number of nitrogens with one attached hydrogen (secondary N) is 1. The molecule has 2 N–H and O–H groups in total. The van der Waals surface area contributed by atoms with E-state index >= 15 is 0 Å². The van der Waals surface area contributed by atoms with E-state index < -0.39 is 16.0 Å². The van der Waals surface area contributed by atoms with Gasteiger partial charge in [0.05, 0.1) is 5.56 Å². The number of hydrogen-bond donors (Lipinski definition) is 2. The molecule has 1 aromatic rings. The Morgan fingerprint density at radius 2 is 2.33 bits per heavy atom.